The van der Waals surface area contributed by atoms with Crippen molar-refractivity contribution in [2.75, 3.05) is 5.32 Å². The number of nitrogens with one attached hydrogen (secondary N) is 2. The van der Waals surface area contributed by atoms with Crippen LogP contribution in [-0.4, -0.2) is 22.3 Å². The first-order valence-corrected chi connectivity index (χ1v) is 9.07. The van der Waals surface area contributed by atoms with Crippen LogP contribution in [0, 0.1) is 0 Å². The van der Waals surface area contributed by atoms with Crippen LogP contribution in [0.4, 0.5) is 5.82 Å². The quantitative estimate of drug-likeness (QED) is 0.706. The predicted molar refractivity (Wildman–Crippen MR) is 111 cm³/mol. The Bertz CT molecular complexity index is 957. The summed E-state index contributed by atoms with van der Waals surface area (Å²) >= 11 is 0. The average Bonchev–Trinajstić information content (AvgIpc) is 2.68. The average molecular weight is 373 g/mol. The summed E-state index contributed by atoms with van der Waals surface area (Å²) in [4.78, 5) is 28.9. The fourth-order valence-electron chi connectivity index (χ4n) is 2.64. The first-order chi connectivity index (χ1) is 13.3. The van der Waals surface area contributed by atoms with Crippen molar-refractivity contribution in [2.45, 2.75) is 26.3 Å². The molecule has 2 amide bonds. The van der Waals surface area contributed by atoms with Crippen molar-refractivity contribution >= 4 is 17.6 Å². The number of carbonyl (C=O) groups excluding carboxylic acids is 2. The molecule has 0 bridgehead atoms. The molecule has 0 unspecified atom stereocenters. The maximum Gasteiger partial charge on any atom is 0.256 e. The zero-order valence-electron chi connectivity index (χ0n) is 16.2. The Hall–Kier alpha value is -3.47. The Balaban J connectivity index is 1.65. The van der Waals surface area contributed by atoms with Crippen molar-refractivity contribution in [3.05, 3.63) is 84.1 Å². The molecule has 1 heterocycles. The lowest BCUT2D eigenvalue weighted by Crippen LogP contribution is -2.40. The van der Waals surface area contributed by atoms with E-state index in [0.29, 0.717) is 16.9 Å². The van der Waals surface area contributed by atoms with Crippen molar-refractivity contribution in [3.8, 4) is 11.1 Å². The minimum absolute atomic E-state index is 0.169. The van der Waals surface area contributed by atoms with E-state index in [0.717, 1.165) is 11.1 Å². The van der Waals surface area contributed by atoms with Gasteiger partial charge >= 0.3 is 0 Å². The molecule has 0 atom stereocenters. The number of nitrogens with zero attached hydrogens (tertiary/aromatic N) is 1. The first kappa shape index (κ1) is 19.3. The third-order valence-electron chi connectivity index (χ3n) is 4.01. The summed E-state index contributed by atoms with van der Waals surface area (Å²) < 4.78 is 0. The summed E-state index contributed by atoms with van der Waals surface area (Å²) in [7, 11) is 0. The number of anilines is 1. The molecule has 0 fully saturated rings. The Morgan fingerprint density at radius 2 is 1.36 bits per heavy atom. The van der Waals surface area contributed by atoms with Crippen LogP contribution in [0.1, 0.15) is 41.5 Å². The summed E-state index contributed by atoms with van der Waals surface area (Å²) in [6.45, 7) is 5.76. The minimum atomic E-state index is -0.315. The maximum atomic E-state index is 12.4. The number of aromatic nitrogens is 1. The molecule has 0 saturated heterocycles. The van der Waals surface area contributed by atoms with Crippen molar-refractivity contribution in [1.82, 2.24) is 10.3 Å². The summed E-state index contributed by atoms with van der Waals surface area (Å²) in [5.41, 5.74) is 2.70. The van der Waals surface area contributed by atoms with E-state index < -0.39 is 0 Å². The zero-order valence-corrected chi connectivity index (χ0v) is 16.2. The van der Waals surface area contributed by atoms with Crippen LogP contribution >= 0.6 is 0 Å². The number of pyridine rings is 1. The summed E-state index contributed by atoms with van der Waals surface area (Å²) in [6, 6.07) is 20.1. The van der Waals surface area contributed by atoms with E-state index in [4.69, 9.17) is 0 Å². The van der Waals surface area contributed by atoms with Crippen molar-refractivity contribution in [1.29, 1.82) is 0 Å². The highest BCUT2D eigenvalue weighted by Gasteiger charge is 2.16. The van der Waals surface area contributed by atoms with E-state index in [1.807, 2.05) is 57.2 Å². The molecule has 28 heavy (non-hydrogen) atoms. The Kier molecular flexibility index (Phi) is 5.54. The molecule has 2 N–H and O–H groups in total. The van der Waals surface area contributed by atoms with Crippen LogP contribution < -0.4 is 10.6 Å². The molecule has 1 aromatic heterocycles. The number of amides is 2. The topological polar surface area (TPSA) is 71.1 Å². The van der Waals surface area contributed by atoms with Crippen LogP contribution in [0.25, 0.3) is 11.1 Å². The molecule has 5 heteroatoms. The highest BCUT2D eigenvalue weighted by molar-refractivity contribution is 6.04. The second-order valence-electron chi connectivity index (χ2n) is 7.53. The second kappa shape index (κ2) is 8.05. The van der Waals surface area contributed by atoms with E-state index in [-0.39, 0.29) is 17.4 Å². The molecule has 3 rings (SSSR count). The Morgan fingerprint density at radius 3 is 1.89 bits per heavy atom. The lowest BCUT2D eigenvalue weighted by molar-refractivity contribution is 0.0918. The summed E-state index contributed by atoms with van der Waals surface area (Å²) in [5, 5.41) is 5.67. The van der Waals surface area contributed by atoms with Crippen LogP contribution in [0.3, 0.4) is 0 Å². The van der Waals surface area contributed by atoms with Gasteiger partial charge in [0.25, 0.3) is 11.8 Å². The van der Waals surface area contributed by atoms with Crippen LogP contribution in [0.15, 0.2) is 72.9 Å². The van der Waals surface area contributed by atoms with Gasteiger partial charge in [-0.15, -0.1) is 0 Å². The molecular formula is C23H23N3O2. The van der Waals surface area contributed by atoms with Crippen LogP contribution in [-0.2, 0) is 0 Å². The van der Waals surface area contributed by atoms with Gasteiger partial charge in [0.05, 0.1) is 0 Å². The fraction of sp³-hybridized carbons (Fsp3) is 0.174. The Morgan fingerprint density at radius 1 is 0.750 bits per heavy atom. The smallest absolute Gasteiger partial charge is 0.256 e. The number of carbonyl (C=O) groups is 2. The fourth-order valence-corrected chi connectivity index (χ4v) is 2.64. The first-order valence-electron chi connectivity index (χ1n) is 9.07. The van der Waals surface area contributed by atoms with Gasteiger partial charge < -0.3 is 10.6 Å². The molecule has 142 valence electrons. The number of rotatable bonds is 4. The normalized spacial score (nSPS) is 11.0. The summed E-state index contributed by atoms with van der Waals surface area (Å²) in [6.07, 6.45) is 1.73. The van der Waals surface area contributed by atoms with Crippen LogP contribution in [0.5, 0.6) is 0 Å². The van der Waals surface area contributed by atoms with Gasteiger partial charge in [0.1, 0.15) is 5.82 Å². The highest BCUT2D eigenvalue weighted by Crippen LogP contribution is 2.19. The molecule has 3 aromatic rings. The van der Waals surface area contributed by atoms with E-state index in [2.05, 4.69) is 15.6 Å². The van der Waals surface area contributed by atoms with Gasteiger partial charge in [-0.05, 0) is 62.7 Å². The molecule has 0 spiro atoms. The predicted octanol–water partition coefficient (Wildman–Crippen LogP) is 4.53. The molecule has 2 aromatic carbocycles. The van der Waals surface area contributed by atoms with Gasteiger partial charge in [-0.3, -0.25) is 9.59 Å². The maximum absolute atomic E-state index is 12.4. The van der Waals surface area contributed by atoms with Crippen molar-refractivity contribution in [2.24, 2.45) is 0 Å². The number of hydrogen-bond acceptors (Lipinski definition) is 3. The van der Waals surface area contributed by atoms with E-state index >= 15 is 0 Å². The van der Waals surface area contributed by atoms with E-state index in [1.54, 1.807) is 36.5 Å². The number of benzene rings is 2. The van der Waals surface area contributed by atoms with Gasteiger partial charge in [0.2, 0.25) is 0 Å². The monoisotopic (exact) mass is 373 g/mol. The molecule has 0 aliphatic rings. The Labute approximate surface area is 164 Å². The minimum Gasteiger partial charge on any atom is -0.347 e. The molecule has 0 radical (unpaired) electrons. The third kappa shape index (κ3) is 5.04. The van der Waals surface area contributed by atoms with E-state index in [1.165, 1.54) is 0 Å². The summed E-state index contributed by atoms with van der Waals surface area (Å²) in [5.74, 6) is 0.0274. The SMILES string of the molecule is CC(C)(C)NC(=O)c1ccc(C(=O)Nc2ccc(-c3ccccc3)cn2)cc1. The molecule has 0 aliphatic heterocycles. The zero-order chi connectivity index (χ0) is 20.1. The van der Waals surface area contributed by atoms with Gasteiger partial charge in [-0.2, -0.15) is 0 Å². The highest BCUT2D eigenvalue weighted by atomic mass is 16.2. The van der Waals surface area contributed by atoms with Crippen molar-refractivity contribution < 1.29 is 9.59 Å². The van der Waals surface area contributed by atoms with Gasteiger partial charge in [0, 0.05) is 28.4 Å². The molecule has 5 nitrogen and oxygen atoms in total. The largest absolute Gasteiger partial charge is 0.347 e. The number of hydrogen-bond donors (Lipinski definition) is 2. The van der Waals surface area contributed by atoms with Gasteiger partial charge in [-0.25, -0.2) is 4.98 Å². The lowest BCUT2D eigenvalue weighted by atomic mass is 10.1. The van der Waals surface area contributed by atoms with Gasteiger partial charge in [-0.1, -0.05) is 30.3 Å². The van der Waals surface area contributed by atoms with Gasteiger partial charge in [0.15, 0.2) is 0 Å². The van der Waals surface area contributed by atoms with E-state index in [9.17, 15) is 9.59 Å². The lowest BCUT2D eigenvalue weighted by Gasteiger charge is -2.20. The van der Waals surface area contributed by atoms with Crippen molar-refractivity contribution in [3.63, 3.8) is 0 Å². The molecular weight excluding hydrogens is 350 g/mol. The third-order valence-corrected chi connectivity index (χ3v) is 4.01. The van der Waals surface area contributed by atoms with Crippen LogP contribution in [0.2, 0.25) is 0 Å². The standard InChI is InChI=1S/C23H23N3O2/c1-23(2,3)26-22(28)18-11-9-17(10-12-18)21(27)25-20-14-13-19(15-24-20)16-7-5-4-6-8-16/h4-15H,1-3H3,(H,26,28)(H,24,25,27). The second-order valence-corrected chi connectivity index (χ2v) is 7.53. The molecule has 0 saturated carbocycles. The molecule has 0 aliphatic carbocycles.